The van der Waals surface area contributed by atoms with E-state index < -0.39 is 23.6 Å². The van der Waals surface area contributed by atoms with E-state index in [1.54, 1.807) is 36.4 Å². The van der Waals surface area contributed by atoms with E-state index in [0.29, 0.717) is 34.1 Å². The van der Waals surface area contributed by atoms with Crippen LogP contribution in [0.25, 0.3) is 0 Å². The molecule has 2 heterocycles. The molecule has 0 saturated heterocycles. The summed E-state index contributed by atoms with van der Waals surface area (Å²) in [6.45, 7) is 0. The molecule has 0 atom stereocenters. The number of nitrogens with one attached hydrogen (secondary N) is 2. The minimum Gasteiger partial charge on any atom is -0.457 e. The Kier molecular flexibility index (Phi) is 3.85. The molecule has 0 unspecified atom stereocenters. The molecule has 2 aliphatic rings. The monoisotopic (exact) mass is 400 g/mol. The van der Waals surface area contributed by atoms with Gasteiger partial charge in [0.25, 0.3) is 23.6 Å². The van der Waals surface area contributed by atoms with Crippen molar-refractivity contribution < 1.29 is 28.7 Å². The van der Waals surface area contributed by atoms with Crippen LogP contribution < -0.4 is 20.1 Å². The van der Waals surface area contributed by atoms with E-state index in [-0.39, 0.29) is 11.1 Å². The minimum absolute atomic E-state index is 0.260. The van der Waals surface area contributed by atoms with Gasteiger partial charge in [-0.3, -0.25) is 29.8 Å². The average Bonchev–Trinajstić information content (AvgIpc) is 3.17. The lowest BCUT2D eigenvalue weighted by Gasteiger charge is -2.10. The summed E-state index contributed by atoms with van der Waals surface area (Å²) in [6, 6.07) is 16.0. The lowest BCUT2D eigenvalue weighted by atomic mass is 10.1. The highest BCUT2D eigenvalue weighted by Crippen LogP contribution is 2.31. The number of hydrogen-bond donors (Lipinski definition) is 2. The second-order valence-electron chi connectivity index (χ2n) is 6.66. The normalized spacial score (nSPS) is 14.1. The van der Waals surface area contributed by atoms with Crippen LogP contribution in [0, 0.1) is 0 Å². The zero-order chi connectivity index (χ0) is 20.8. The first-order chi connectivity index (χ1) is 14.5. The largest absolute Gasteiger partial charge is 0.457 e. The van der Waals surface area contributed by atoms with E-state index in [2.05, 4.69) is 10.6 Å². The van der Waals surface area contributed by atoms with Crippen molar-refractivity contribution in [1.29, 1.82) is 0 Å². The molecule has 0 aromatic heterocycles. The first-order valence-electron chi connectivity index (χ1n) is 8.93. The van der Waals surface area contributed by atoms with Gasteiger partial charge in [-0.2, -0.15) is 0 Å². The van der Waals surface area contributed by atoms with Gasteiger partial charge in [0, 0.05) is 6.07 Å². The highest BCUT2D eigenvalue weighted by atomic mass is 16.5. The van der Waals surface area contributed by atoms with E-state index >= 15 is 0 Å². The molecular weight excluding hydrogens is 388 g/mol. The molecule has 4 amide bonds. The highest BCUT2D eigenvalue weighted by Gasteiger charge is 2.28. The summed E-state index contributed by atoms with van der Waals surface area (Å²) in [5.41, 5.74) is 1.14. The summed E-state index contributed by atoms with van der Waals surface area (Å²) >= 11 is 0. The maximum absolute atomic E-state index is 11.8. The molecule has 3 aromatic rings. The molecule has 0 bridgehead atoms. The van der Waals surface area contributed by atoms with Gasteiger partial charge in [0.15, 0.2) is 0 Å². The van der Waals surface area contributed by atoms with Crippen molar-refractivity contribution in [1.82, 2.24) is 10.6 Å². The molecule has 2 aliphatic heterocycles. The second kappa shape index (κ2) is 6.56. The van der Waals surface area contributed by atoms with Crippen molar-refractivity contribution in [2.45, 2.75) is 0 Å². The van der Waals surface area contributed by atoms with E-state index in [1.807, 2.05) is 0 Å². The number of imide groups is 2. The first-order valence-corrected chi connectivity index (χ1v) is 8.93. The zero-order valence-electron chi connectivity index (χ0n) is 15.2. The van der Waals surface area contributed by atoms with E-state index in [9.17, 15) is 19.2 Å². The molecule has 8 heteroatoms. The Morgan fingerprint density at radius 3 is 1.33 bits per heavy atom. The van der Waals surface area contributed by atoms with Crippen LogP contribution in [0.3, 0.4) is 0 Å². The zero-order valence-corrected chi connectivity index (χ0v) is 15.2. The lowest BCUT2D eigenvalue weighted by molar-refractivity contribution is 0.0863. The van der Waals surface area contributed by atoms with Crippen LogP contribution in [-0.2, 0) is 0 Å². The van der Waals surface area contributed by atoms with Gasteiger partial charge in [-0.05, 0) is 48.5 Å². The summed E-state index contributed by atoms with van der Waals surface area (Å²) in [5.74, 6) is -0.0962. The highest BCUT2D eigenvalue weighted by molar-refractivity contribution is 6.22. The number of amides is 4. The Morgan fingerprint density at radius 2 is 0.867 bits per heavy atom. The van der Waals surface area contributed by atoms with Crippen molar-refractivity contribution in [3.8, 4) is 23.0 Å². The number of carbonyl (C=O) groups is 4. The quantitative estimate of drug-likeness (QED) is 0.652. The van der Waals surface area contributed by atoms with Crippen LogP contribution in [0.4, 0.5) is 0 Å². The number of carbonyl (C=O) groups excluding carboxylic acids is 4. The van der Waals surface area contributed by atoms with E-state index in [0.717, 1.165) is 0 Å². The fraction of sp³-hybridized carbons (Fsp3) is 0. The third-order valence-corrected chi connectivity index (χ3v) is 4.69. The second-order valence-corrected chi connectivity index (χ2v) is 6.66. The van der Waals surface area contributed by atoms with Gasteiger partial charge in [0.2, 0.25) is 0 Å². The molecule has 2 N–H and O–H groups in total. The SMILES string of the molecule is O=C1NC(=O)c2cc(Oc3cccc(Oc4ccc5c(c4)C(=O)NC5=O)c3)ccc21. The van der Waals surface area contributed by atoms with Crippen molar-refractivity contribution in [3.63, 3.8) is 0 Å². The minimum atomic E-state index is -0.461. The third-order valence-electron chi connectivity index (χ3n) is 4.69. The number of hydrogen-bond acceptors (Lipinski definition) is 6. The van der Waals surface area contributed by atoms with Crippen LogP contribution in [0.5, 0.6) is 23.0 Å². The fourth-order valence-corrected chi connectivity index (χ4v) is 3.29. The van der Waals surface area contributed by atoms with Crippen LogP contribution >= 0.6 is 0 Å². The molecule has 0 saturated carbocycles. The molecule has 0 radical (unpaired) electrons. The maximum Gasteiger partial charge on any atom is 0.259 e. The molecule has 146 valence electrons. The smallest absolute Gasteiger partial charge is 0.259 e. The average molecular weight is 400 g/mol. The molecule has 8 nitrogen and oxygen atoms in total. The van der Waals surface area contributed by atoms with Crippen LogP contribution in [0.2, 0.25) is 0 Å². The fourth-order valence-electron chi connectivity index (χ4n) is 3.29. The predicted octanol–water partition coefficient (Wildman–Crippen LogP) is 3.04. The molecule has 3 aromatic carbocycles. The molecule has 30 heavy (non-hydrogen) atoms. The number of fused-ring (bicyclic) bond motifs is 2. The molecule has 5 rings (SSSR count). The van der Waals surface area contributed by atoms with Crippen molar-refractivity contribution in [3.05, 3.63) is 82.9 Å². The van der Waals surface area contributed by atoms with Crippen LogP contribution in [-0.4, -0.2) is 23.6 Å². The van der Waals surface area contributed by atoms with Crippen molar-refractivity contribution >= 4 is 23.6 Å². The van der Waals surface area contributed by atoms with E-state index in [1.165, 1.54) is 24.3 Å². The Morgan fingerprint density at radius 1 is 0.467 bits per heavy atom. The summed E-state index contributed by atoms with van der Waals surface area (Å²) in [5, 5.41) is 4.46. The van der Waals surface area contributed by atoms with Gasteiger partial charge < -0.3 is 9.47 Å². The summed E-state index contributed by atoms with van der Waals surface area (Å²) < 4.78 is 11.6. The van der Waals surface area contributed by atoms with Gasteiger partial charge in [-0.25, -0.2) is 0 Å². The predicted molar refractivity (Wildman–Crippen MR) is 103 cm³/mol. The first kappa shape index (κ1) is 17.6. The van der Waals surface area contributed by atoms with Crippen LogP contribution in [0.15, 0.2) is 60.7 Å². The summed E-state index contributed by atoms with van der Waals surface area (Å²) in [6.07, 6.45) is 0. The van der Waals surface area contributed by atoms with Crippen molar-refractivity contribution in [2.24, 2.45) is 0 Å². The molecular formula is C22H12N2O6. The molecule has 0 fully saturated rings. The topological polar surface area (TPSA) is 111 Å². The number of rotatable bonds is 4. The lowest BCUT2D eigenvalue weighted by Crippen LogP contribution is -2.19. The van der Waals surface area contributed by atoms with Crippen molar-refractivity contribution in [2.75, 3.05) is 0 Å². The number of benzene rings is 3. The van der Waals surface area contributed by atoms with Gasteiger partial charge in [0.05, 0.1) is 22.3 Å². The van der Waals surface area contributed by atoms with Gasteiger partial charge in [0.1, 0.15) is 23.0 Å². The Bertz CT molecular complexity index is 1190. The molecule has 0 spiro atoms. The third kappa shape index (κ3) is 2.96. The Hall–Kier alpha value is -4.46. The number of ether oxygens (including phenoxy) is 2. The Labute approximate surface area is 169 Å². The van der Waals surface area contributed by atoms with Gasteiger partial charge in [-0.15, -0.1) is 0 Å². The van der Waals surface area contributed by atoms with Gasteiger partial charge in [-0.1, -0.05) is 6.07 Å². The van der Waals surface area contributed by atoms with Gasteiger partial charge >= 0.3 is 0 Å². The maximum atomic E-state index is 11.8. The standard InChI is InChI=1S/C22H12N2O6/c25-19-15-6-4-13(9-17(15)21(27)23-19)29-11-2-1-3-12(8-11)30-14-5-7-16-18(10-14)22(28)24-20(16)26/h1-10H,(H,23,25,27)(H,24,26,28). The van der Waals surface area contributed by atoms with Crippen LogP contribution in [0.1, 0.15) is 41.4 Å². The van der Waals surface area contributed by atoms with E-state index in [4.69, 9.17) is 9.47 Å². The molecule has 0 aliphatic carbocycles. The summed E-state index contributed by atoms with van der Waals surface area (Å²) in [7, 11) is 0. The Balaban J connectivity index is 1.37. The summed E-state index contributed by atoms with van der Waals surface area (Å²) in [4.78, 5) is 46.9.